The molecule has 3 rings (SSSR count). The lowest BCUT2D eigenvalue weighted by molar-refractivity contribution is -0.134. The van der Waals surface area contributed by atoms with Crippen LogP contribution in [0.2, 0.25) is 0 Å². The predicted molar refractivity (Wildman–Crippen MR) is 138 cm³/mol. The van der Waals surface area contributed by atoms with Gasteiger partial charge in [0.2, 0.25) is 5.91 Å². The van der Waals surface area contributed by atoms with Gasteiger partial charge < -0.3 is 20.4 Å². The van der Waals surface area contributed by atoms with Crippen LogP contribution in [0.5, 0.6) is 0 Å². The van der Waals surface area contributed by atoms with Crippen LogP contribution in [0.3, 0.4) is 0 Å². The molecule has 1 fully saturated rings. The van der Waals surface area contributed by atoms with E-state index in [0.717, 1.165) is 24.9 Å². The summed E-state index contributed by atoms with van der Waals surface area (Å²) in [5.74, 6) is 1.08. The Balaban J connectivity index is 1.45. The van der Waals surface area contributed by atoms with Crippen molar-refractivity contribution in [1.29, 1.82) is 0 Å². The Bertz CT molecular complexity index is 868. The monoisotopic (exact) mass is 468 g/mol. The van der Waals surface area contributed by atoms with Gasteiger partial charge in [0.05, 0.1) is 12.2 Å². The number of fused-ring (bicyclic) bond motifs is 1. The molecule has 0 saturated heterocycles. The second kappa shape index (κ2) is 12.1. The Kier molecular flexibility index (Phi) is 9.52. The number of aliphatic hydroxyl groups is 2. The van der Waals surface area contributed by atoms with Crippen molar-refractivity contribution in [2.24, 2.45) is 17.8 Å². The minimum Gasteiger partial charge on any atom is -0.392 e. The molecule has 3 N–H and O–H groups in total. The van der Waals surface area contributed by atoms with Crippen LogP contribution in [0.25, 0.3) is 0 Å². The number of nitrogens with zero attached hydrogens (tertiary/aromatic N) is 1. The van der Waals surface area contributed by atoms with E-state index in [0.29, 0.717) is 31.2 Å². The fraction of sp³-hybridized carbons (Fsp3) is 0.621. The van der Waals surface area contributed by atoms with E-state index in [4.69, 9.17) is 0 Å². The molecule has 1 saturated carbocycles. The first-order valence-corrected chi connectivity index (χ1v) is 13.0. The van der Waals surface area contributed by atoms with Crippen molar-refractivity contribution >= 4 is 5.91 Å². The topological polar surface area (TPSA) is 72.8 Å². The molecule has 5 nitrogen and oxygen atoms in total. The van der Waals surface area contributed by atoms with Crippen molar-refractivity contribution in [2.75, 3.05) is 13.1 Å². The summed E-state index contributed by atoms with van der Waals surface area (Å²) >= 11 is 0. The van der Waals surface area contributed by atoms with Gasteiger partial charge in [-0.05, 0) is 64.9 Å². The maximum Gasteiger partial charge on any atom is 0.224 e. The highest BCUT2D eigenvalue weighted by atomic mass is 16.3. The first-order chi connectivity index (χ1) is 16.2. The van der Waals surface area contributed by atoms with Crippen molar-refractivity contribution < 1.29 is 15.0 Å². The van der Waals surface area contributed by atoms with E-state index in [2.05, 4.69) is 58.1 Å². The van der Waals surface area contributed by atoms with Crippen LogP contribution >= 0.6 is 0 Å². The Labute approximate surface area is 205 Å². The van der Waals surface area contributed by atoms with Crippen molar-refractivity contribution in [3.05, 3.63) is 59.2 Å². The van der Waals surface area contributed by atoms with E-state index < -0.39 is 6.10 Å². The molecule has 188 valence electrons. The third-order valence-corrected chi connectivity index (χ3v) is 7.30. The highest BCUT2D eigenvalue weighted by Gasteiger charge is 2.43. The molecular weight excluding hydrogens is 424 g/mol. The molecular formula is C29H44N2O3. The first-order valence-electron chi connectivity index (χ1n) is 13.0. The zero-order valence-corrected chi connectivity index (χ0v) is 21.6. The molecule has 1 aromatic carbocycles. The Hall–Kier alpha value is -1.95. The molecule has 0 aliphatic heterocycles. The standard InChI is InChI=1S/C29H44N2O3/c1-19(2)31(20(3)4)29(34)11-12-30-18-23-14-24-17-28(33)26(27(24)16-23)10-9-25(32)15-22-8-6-7-21(5)13-22/h6-10,13-14,19-20,24-28,30,32-33H,11-12,15-18H2,1-5H3/t24-,25-,26+,27-,28+/m0/s1. The van der Waals surface area contributed by atoms with E-state index in [1.807, 2.05) is 29.2 Å². The van der Waals surface area contributed by atoms with E-state index >= 15 is 0 Å². The number of aliphatic hydroxyl groups excluding tert-OH is 2. The van der Waals surface area contributed by atoms with Crippen LogP contribution in [-0.4, -0.2) is 58.4 Å². The molecule has 5 atom stereocenters. The van der Waals surface area contributed by atoms with E-state index in [1.54, 1.807) is 0 Å². The number of rotatable bonds is 11. The Morgan fingerprint density at radius 3 is 2.65 bits per heavy atom. The number of allylic oxidation sites excluding steroid dienone is 1. The minimum atomic E-state index is -0.544. The first kappa shape index (κ1) is 26.7. The van der Waals surface area contributed by atoms with Gasteiger partial charge in [0, 0.05) is 43.9 Å². The zero-order chi connectivity index (χ0) is 24.8. The summed E-state index contributed by atoms with van der Waals surface area (Å²) in [7, 11) is 0. The lowest BCUT2D eigenvalue weighted by Crippen LogP contribution is -2.43. The largest absolute Gasteiger partial charge is 0.392 e. The average molecular weight is 469 g/mol. The number of carbonyl (C=O) groups excluding carboxylic acids is 1. The number of carbonyl (C=O) groups is 1. The Morgan fingerprint density at radius 1 is 1.24 bits per heavy atom. The third kappa shape index (κ3) is 7.03. The summed E-state index contributed by atoms with van der Waals surface area (Å²) in [4.78, 5) is 14.5. The fourth-order valence-electron chi connectivity index (χ4n) is 5.89. The normalized spacial score (nSPS) is 25.3. The summed E-state index contributed by atoms with van der Waals surface area (Å²) in [6.07, 6.45) is 8.21. The van der Waals surface area contributed by atoms with E-state index in [9.17, 15) is 15.0 Å². The fourth-order valence-corrected chi connectivity index (χ4v) is 5.89. The van der Waals surface area contributed by atoms with Gasteiger partial charge in [0.15, 0.2) is 0 Å². The summed E-state index contributed by atoms with van der Waals surface area (Å²) in [5, 5.41) is 24.6. The van der Waals surface area contributed by atoms with Crippen LogP contribution in [0.4, 0.5) is 0 Å². The molecule has 0 radical (unpaired) electrons. The van der Waals surface area contributed by atoms with Gasteiger partial charge in [-0.25, -0.2) is 0 Å². The second-order valence-corrected chi connectivity index (χ2v) is 10.8. The van der Waals surface area contributed by atoms with Crippen molar-refractivity contribution in [2.45, 2.75) is 84.6 Å². The van der Waals surface area contributed by atoms with Gasteiger partial charge in [0.1, 0.15) is 0 Å². The van der Waals surface area contributed by atoms with Crippen LogP contribution in [-0.2, 0) is 11.2 Å². The van der Waals surface area contributed by atoms with Crippen LogP contribution < -0.4 is 5.32 Å². The number of aryl methyl sites for hydroxylation is 1. The van der Waals surface area contributed by atoms with Crippen LogP contribution in [0.15, 0.2) is 48.1 Å². The summed E-state index contributed by atoms with van der Waals surface area (Å²) in [6.45, 7) is 11.8. The lowest BCUT2D eigenvalue weighted by Gasteiger charge is -2.31. The third-order valence-electron chi connectivity index (χ3n) is 7.30. The van der Waals surface area contributed by atoms with Gasteiger partial charge in [-0.1, -0.05) is 53.6 Å². The number of hydrogen-bond donors (Lipinski definition) is 3. The summed E-state index contributed by atoms with van der Waals surface area (Å²) in [6, 6.07) is 8.67. The molecule has 0 heterocycles. The molecule has 5 heteroatoms. The molecule has 1 amide bonds. The smallest absolute Gasteiger partial charge is 0.224 e. The molecule has 0 aromatic heterocycles. The van der Waals surface area contributed by atoms with Gasteiger partial charge >= 0.3 is 0 Å². The maximum atomic E-state index is 12.5. The van der Waals surface area contributed by atoms with Crippen molar-refractivity contribution in [3.63, 3.8) is 0 Å². The van der Waals surface area contributed by atoms with E-state index in [-0.39, 0.29) is 30.0 Å². The van der Waals surface area contributed by atoms with Gasteiger partial charge in [-0.2, -0.15) is 0 Å². The summed E-state index contributed by atoms with van der Waals surface area (Å²) < 4.78 is 0. The maximum absolute atomic E-state index is 12.5. The predicted octanol–water partition coefficient (Wildman–Crippen LogP) is 4.02. The SMILES string of the molecule is Cc1cccc(C[C@@H](O)C=C[C@@H]2[C@H]3CC(CNCCC(=O)N(C(C)C)C(C)C)=C[C@H]3C[C@H]2O)c1. The second-order valence-electron chi connectivity index (χ2n) is 10.8. The Morgan fingerprint density at radius 2 is 1.97 bits per heavy atom. The van der Waals surface area contributed by atoms with Crippen molar-refractivity contribution in [3.8, 4) is 0 Å². The number of hydrogen-bond acceptors (Lipinski definition) is 4. The number of amides is 1. The minimum absolute atomic E-state index is 0.0816. The van der Waals surface area contributed by atoms with Gasteiger partial charge in [0.25, 0.3) is 0 Å². The van der Waals surface area contributed by atoms with E-state index in [1.165, 1.54) is 11.1 Å². The summed E-state index contributed by atoms with van der Waals surface area (Å²) in [5.41, 5.74) is 3.70. The van der Waals surface area contributed by atoms with Gasteiger partial charge in [-0.15, -0.1) is 0 Å². The molecule has 0 unspecified atom stereocenters. The van der Waals surface area contributed by atoms with Crippen LogP contribution in [0.1, 0.15) is 58.1 Å². The molecule has 0 spiro atoms. The van der Waals surface area contributed by atoms with Gasteiger partial charge in [-0.3, -0.25) is 4.79 Å². The average Bonchev–Trinajstić information content (AvgIpc) is 3.25. The molecule has 2 aliphatic rings. The quantitative estimate of drug-likeness (QED) is 0.339. The lowest BCUT2D eigenvalue weighted by atomic mass is 9.89. The van der Waals surface area contributed by atoms with Crippen LogP contribution in [0, 0.1) is 24.7 Å². The highest BCUT2D eigenvalue weighted by molar-refractivity contribution is 5.77. The number of nitrogens with one attached hydrogen (secondary N) is 1. The van der Waals surface area contributed by atoms with Crippen molar-refractivity contribution in [1.82, 2.24) is 10.2 Å². The highest BCUT2D eigenvalue weighted by Crippen LogP contribution is 2.47. The zero-order valence-electron chi connectivity index (χ0n) is 21.6. The molecule has 0 bridgehead atoms. The molecule has 34 heavy (non-hydrogen) atoms. The number of benzene rings is 1. The molecule has 1 aromatic rings. The molecule has 2 aliphatic carbocycles.